The van der Waals surface area contributed by atoms with Gasteiger partial charge >= 0.3 is 0 Å². The number of aromatic nitrogens is 2. The van der Waals surface area contributed by atoms with Crippen LogP contribution in [-0.2, 0) is 5.75 Å². The highest BCUT2D eigenvalue weighted by atomic mass is 35.5. The molecule has 0 bridgehead atoms. The van der Waals surface area contributed by atoms with Crippen molar-refractivity contribution in [2.24, 2.45) is 0 Å². The van der Waals surface area contributed by atoms with Crippen molar-refractivity contribution in [2.75, 3.05) is 5.73 Å². The molecule has 0 fully saturated rings. The zero-order valence-corrected chi connectivity index (χ0v) is 11.0. The summed E-state index contributed by atoms with van der Waals surface area (Å²) < 4.78 is 0.490. The van der Waals surface area contributed by atoms with Gasteiger partial charge in [0.05, 0.1) is 5.75 Å². The van der Waals surface area contributed by atoms with Crippen molar-refractivity contribution in [2.45, 2.75) is 17.6 Å². The molecule has 0 spiro atoms. The Morgan fingerprint density at radius 2 is 2.25 bits per heavy atom. The average molecular weight is 272 g/mol. The normalized spacial score (nSPS) is 10.6. The molecule has 16 heavy (non-hydrogen) atoms. The van der Waals surface area contributed by atoms with Crippen LogP contribution in [0, 0.1) is 6.92 Å². The van der Waals surface area contributed by atoms with E-state index in [1.54, 1.807) is 11.8 Å². The third-order valence-corrected chi connectivity index (χ3v) is 4.25. The van der Waals surface area contributed by atoms with Gasteiger partial charge in [0.1, 0.15) is 5.01 Å². The highest BCUT2D eigenvalue weighted by Gasteiger charge is 2.03. The predicted octanol–water partition coefficient (Wildman–Crippen LogP) is 3.37. The lowest BCUT2D eigenvalue weighted by Crippen LogP contribution is -1.89. The van der Waals surface area contributed by atoms with E-state index < -0.39 is 0 Å². The third-order valence-electron chi connectivity index (χ3n) is 2.05. The molecular formula is C10H10ClN3S2. The molecule has 0 amide bonds. The summed E-state index contributed by atoms with van der Waals surface area (Å²) in [6, 6.07) is 6.00. The Labute approximate surface area is 107 Å². The SMILES string of the molecule is Cc1cc(SCc2nnc(Cl)s2)ccc1N. The van der Waals surface area contributed by atoms with Crippen LogP contribution in [-0.4, -0.2) is 10.2 Å². The number of benzene rings is 1. The van der Waals surface area contributed by atoms with Crippen LogP contribution in [0.15, 0.2) is 23.1 Å². The zero-order valence-electron chi connectivity index (χ0n) is 8.61. The molecule has 84 valence electrons. The van der Waals surface area contributed by atoms with Crippen LogP contribution in [0.1, 0.15) is 10.6 Å². The molecule has 3 nitrogen and oxygen atoms in total. The summed E-state index contributed by atoms with van der Waals surface area (Å²) in [5.41, 5.74) is 7.67. The lowest BCUT2D eigenvalue weighted by Gasteiger charge is -2.03. The minimum absolute atomic E-state index is 0.490. The van der Waals surface area contributed by atoms with Gasteiger partial charge in [-0.3, -0.25) is 0 Å². The largest absolute Gasteiger partial charge is 0.399 e. The quantitative estimate of drug-likeness (QED) is 0.687. The average Bonchev–Trinajstić information content (AvgIpc) is 2.66. The van der Waals surface area contributed by atoms with E-state index in [4.69, 9.17) is 17.3 Å². The van der Waals surface area contributed by atoms with Crippen molar-refractivity contribution in [1.82, 2.24) is 10.2 Å². The molecule has 0 aliphatic carbocycles. The van der Waals surface area contributed by atoms with Crippen LogP contribution < -0.4 is 5.73 Å². The molecule has 0 unspecified atom stereocenters. The van der Waals surface area contributed by atoms with Crippen molar-refractivity contribution in [3.8, 4) is 0 Å². The number of hydrogen-bond donors (Lipinski definition) is 1. The molecule has 0 saturated heterocycles. The van der Waals surface area contributed by atoms with Crippen molar-refractivity contribution in [3.05, 3.63) is 33.2 Å². The Bertz CT molecular complexity index is 499. The minimum atomic E-state index is 0.490. The number of hydrogen-bond acceptors (Lipinski definition) is 5. The maximum absolute atomic E-state index is 5.75. The first-order chi connectivity index (χ1) is 7.65. The molecule has 2 aromatic rings. The second kappa shape index (κ2) is 5.03. The summed E-state index contributed by atoms with van der Waals surface area (Å²) in [4.78, 5) is 1.18. The van der Waals surface area contributed by atoms with Crippen molar-refractivity contribution in [3.63, 3.8) is 0 Å². The van der Waals surface area contributed by atoms with Gasteiger partial charge in [-0.1, -0.05) is 11.3 Å². The van der Waals surface area contributed by atoms with Gasteiger partial charge in [0.2, 0.25) is 4.47 Å². The Hall–Kier alpha value is -0.780. The minimum Gasteiger partial charge on any atom is -0.399 e. The van der Waals surface area contributed by atoms with E-state index in [0.29, 0.717) is 4.47 Å². The standard InChI is InChI=1S/C10H10ClN3S2/c1-6-4-7(2-3-8(6)12)15-5-9-13-14-10(11)16-9/h2-4H,5,12H2,1H3. The molecule has 0 radical (unpaired) electrons. The summed E-state index contributed by atoms with van der Waals surface area (Å²) in [5, 5.41) is 8.66. The Morgan fingerprint density at radius 1 is 1.44 bits per heavy atom. The maximum atomic E-state index is 5.75. The smallest absolute Gasteiger partial charge is 0.207 e. The molecule has 1 aromatic carbocycles. The first-order valence-electron chi connectivity index (χ1n) is 4.62. The fraction of sp³-hybridized carbons (Fsp3) is 0.200. The second-order valence-corrected chi connectivity index (χ2v) is 5.95. The molecule has 1 aromatic heterocycles. The van der Waals surface area contributed by atoms with E-state index in [-0.39, 0.29) is 0 Å². The maximum Gasteiger partial charge on any atom is 0.207 e. The number of nitrogens with zero attached hydrogens (tertiary/aromatic N) is 2. The number of halogens is 1. The summed E-state index contributed by atoms with van der Waals surface area (Å²) in [5.74, 6) is 0.785. The Morgan fingerprint density at radius 3 is 2.88 bits per heavy atom. The van der Waals surface area contributed by atoms with Gasteiger partial charge in [0, 0.05) is 10.6 Å². The monoisotopic (exact) mass is 271 g/mol. The number of thioether (sulfide) groups is 1. The molecular weight excluding hydrogens is 262 g/mol. The molecule has 6 heteroatoms. The third kappa shape index (κ3) is 2.87. The molecule has 0 atom stereocenters. The first kappa shape index (κ1) is 11.7. The fourth-order valence-corrected chi connectivity index (χ4v) is 3.02. The highest BCUT2D eigenvalue weighted by molar-refractivity contribution is 7.98. The van der Waals surface area contributed by atoms with E-state index in [9.17, 15) is 0 Å². The van der Waals surface area contributed by atoms with Crippen LogP contribution >= 0.6 is 34.7 Å². The van der Waals surface area contributed by atoms with Crippen molar-refractivity contribution >= 4 is 40.4 Å². The number of aryl methyl sites for hydroxylation is 1. The lowest BCUT2D eigenvalue weighted by atomic mass is 10.2. The lowest BCUT2D eigenvalue weighted by molar-refractivity contribution is 1.04. The number of rotatable bonds is 3. The second-order valence-electron chi connectivity index (χ2n) is 3.26. The van der Waals surface area contributed by atoms with Gasteiger partial charge < -0.3 is 5.73 Å². The van der Waals surface area contributed by atoms with Gasteiger partial charge in [-0.05, 0) is 42.3 Å². The van der Waals surface area contributed by atoms with Gasteiger partial charge in [0.15, 0.2) is 0 Å². The van der Waals surface area contributed by atoms with E-state index in [0.717, 1.165) is 22.0 Å². The summed E-state index contributed by atoms with van der Waals surface area (Å²) in [6.45, 7) is 2.00. The van der Waals surface area contributed by atoms with Crippen molar-refractivity contribution < 1.29 is 0 Å². The number of anilines is 1. The molecule has 0 aliphatic rings. The predicted molar refractivity (Wildman–Crippen MR) is 70.1 cm³/mol. The van der Waals surface area contributed by atoms with Gasteiger partial charge in [0.25, 0.3) is 0 Å². The number of nitrogen functional groups attached to an aromatic ring is 1. The van der Waals surface area contributed by atoms with Crippen LogP contribution in [0.4, 0.5) is 5.69 Å². The molecule has 2 N–H and O–H groups in total. The first-order valence-corrected chi connectivity index (χ1v) is 6.80. The molecule has 2 rings (SSSR count). The molecule has 0 saturated carbocycles. The summed E-state index contributed by atoms with van der Waals surface area (Å²) >= 11 is 8.82. The Balaban J connectivity index is 2.02. The van der Waals surface area contributed by atoms with Gasteiger partial charge in [-0.2, -0.15) is 0 Å². The zero-order chi connectivity index (χ0) is 11.5. The van der Waals surface area contributed by atoms with Crippen molar-refractivity contribution in [1.29, 1.82) is 0 Å². The Kier molecular flexibility index (Phi) is 3.68. The topological polar surface area (TPSA) is 51.8 Å². The molecule has 1 heterocycles. The highest BCUT2D eigenvalue weighted by Crippen LogP contribution is 2.27. The van der Waals surface area contributed by atoms with E-state index in [2.05, 4.69) is 16.3 Å². The number of nitrogens with two attached hydrogens (primary N) is 1. The molecule has 0 aliphatic heterocycles. The van der Waals surface area contributed by atoms with E-state index in [1.807, 2.05) is 19.1 Å². The summed E-state index contributed by atoms with van der Waals surface area (Å²) in [6.07, 6.45) is 0. The van der Waals surface area contributed by atoms with Crippen LogP contribution in [0.3, 0.4) is 0 Å². The van der Waals surface area contributed by atoms with Crippen LogP contribution in [0.2, 0.25) is 4.47 Å². The van der Waals surface area contributed by atoms with Gasteiger partial charge in [-0.25, -0.2) is 0 Å². The fourth-order valence-electron chi connectivity index (χ4n) is 1.17. The van der Waals surface area contributed by atoms with E-state index in [1.165, 1.54) is 16.2 Å². The van der Waals surface area contributed by atoms with Crippen LogP contribution in [0.25, 0.3) is 0 Å². The van der Waals surface area contributed by atoms with E-state index >= 15 is 0 Å². The summed E-state index contributed by atoms with van der Waals surface area (Å²) in [7, 11) is 0. The van der Waals surface area contributed by atoms with Gasteiger partial charge in [-0.15, -0.1) is 22.0 Å². The van der Waals surface area contributed by atoms with Crippen LogP contribution in [0.5, 0.6) is 0 Å².